The lowest BCUT2D eigenvalue weighted by Crippen LogP contribution is -2.52. The monoisotopic (exact) mass is 315 g/mol. The number of halogens is 1. The molecule has 1 N–H and O–H groups in total. The molecule has 4 nitrogen and oxygen atoms in total. The molecule has 0 saturated heterocycles. The van der Waals surface area contributed by atoms with E-state index < -0.39 is 23.5 Å². The first-order valence-electron chi connectivity index (χ1n) is 7.15. The molecule has 0 heterocycles. The van der Waals surface area contributed by atoms with Crippen molar-refractivity contribution in [2.75, 3.05) is 12.4 Å². The minimum atomic E-state index is -2.47. The van der Waals surface area contributed by atoms with Gasteiger partial charge in [-0.2, -0.15) is 0 Å². The molecule has 2 aromatic carbocycles. The van der Waals surface area contributed by atoms with Gasteiger partial charge in [-0.3, -0.25) is 4.79 Å². The fourth-order valence-electron chi connectivity index (χ4n) is 2.24. The smallest absolute Gasteiger partial charge is 0.332 e. The van der Waals surface area contributed by atoms with E-state index in [1.54, 1.807) is 48.5 Å². The van der Waals surface area contributed by atoms with Crippen LogP contribution in [0.1, 0.15) is 17.3 Å². The summed E-state index contributed by atoms with van der Waals surface area (Å²) in [7, 11) is 1.16. The van der Waals surface area contributed by atoms with E-state index in [4.69, 9.17) is 0 Å². The summed E-state index contributed by atoms with van der Waals surface area (Å²) in [4.78, 5) is 24.5. The second kappa shape index (κ2) is 7.05. The summed E-state index contributed by atoms with van der Waals surface area (Å²) in [6.45, 7) is 1.08. The number of alkyl halides is 1. The highest BCUT2D eigenvalue weighted by Gasteiger charge is 2.47. The Morgan fingerprint density at radius 1 is 1.04 bits per heavy atom. The molecule has 0 aliphatic carbocycles. The number of hydrogen-bond acceptors (Lipinski definition) is 4. The first-order chi connectivity index (χ1) is 11.0. The number of ketones is 1. The summed E-state index contributed by atoms with van der Waals surface area (Å²) in [5.74, 6) is -1.62. The van der Waals surface area contributed by atoms with E-state index in [1.807, 2.05) is 0 Å². The van der Waals surface area contributed by atoms with Crippen LogP contribution < -0.4 is 5.32 Å². The van der Waals surface area contributed by atoms with Crippen LogP contribution in [-0.4, -0.2) is 30.6 Å². The van der Waals surface area contributed by atoms with Crippen LogP contribution in [0, 0.1) is 0 Å². The number of carbonyl (C=O) groups excluding carboxylic acids is 2. The predicted octanol–water partition coefficient (Wildman–Crippen LogP) is 3.25. The Bertz CT molecular complexity index is 671. The number of esters is 1. The topological polar surface area (TPSA) is 55.4 Å². The van der Waals surface area contributed by atoms with Crippen molar-refractivity contribution in [3.63, 3.8) is 0 Å². The van der Waals surface area contributed by atoms with Crippen LogP contribution in [0.3, 0.4) is 0 Å². The van der Waals surface area contributed by atoms with E-state index >= 15 is 4.39 Å². The summed E-state index contributed by atoms with van der Waals surface area (Å²) < 4.78 is 19.9. The quantitative estimate of drug-likeness (QED) is 0.657. The first kappa shape index (κ1) is 16.7. The van der Waals surface area contributed by atoms with Crippen molar-refractivity contribution in [1.82, 2.24) is 0 Å². The van der Waals surface area contributed by atoms with Gasteiger partial charge < -0.3 is 10.1 Å². The molecule has 120 valence electrons. The Hall–Kier alpha value is -2.69. The van der Waals surface area contributed by atoms with Crippen molar-refractivity contribution in [3.8, 4) is 0 Å². The van der Waals surface area contributed by atoms with Gasteiger partial charge in [0.15, 0.2) is 6.04 Å². The number of benzene rings is 2. The van der Waals surface area contributed by atoms with E-state index in [9.17, 15) is 9.59 Å². The van der Waals surface area contributed by atoms with Gasteiger partial charge in [0.25, 0.3) is 0 Å². The van der Waals surface area contributed by atoms with Gasteiger partial charge in [-0.1, -0.05) is 48.5 Å². The zero-order chi connectivity index (χ0) is 16.9. The van der Waals surface area contributed by atoms with E-state index in [-0.39, 0.29) is 5.56 Å². The number of methoxy groups -OCH3 is 1. The number of hydrogen-bond donors (Lipinski definition) is 1. The molecule has 0 aliphatic heterocycles. The van der Waals surface area contributed by atoms with Crippen LogP contribution in [0.15, 0.2) is 60.7 Å². The predicted molar refractivity (Wildman–Crippen MR) is 86.2 cm³/mol. The molecule has 2 rings (SSSR count). The maximum absolute atomic E-state index is 15.2. The zero-order valence-corrected chi connectivity index (χ0v) is 13.0. The molecule has 0 aromatic heterocycles. The standard InChI is InChI=1S/C18H18FNO3/c1-18(19,16(21)13-9-5-3-6-10-13)15(17(22)23-2)20-14-11-7-4-8-12-14/h3-12,15,20H,1-2H3/t15-,18+/m0/s1. The number of para-hydroxylation sites is 1. The third-order valence-electron chi connectivity index (χ3n) is 3.54. The van der Waals surface area contributed by atoms with Gasteiger partial charge in [0.1, 0.15) is 0 Å². The summed E-state index contributed by atoms with van der Waals surface area (Å²) in [6.07, 6.45) is 0. The van der Waals surface area contributed by atoms with Crippen LogP contribution in [0.5, 0.6) is 0 Å². The second-order valence-corrected chi connectivity index (χ2v) is 5.24. The number of rotatable bonds is 6. The fourth-order valence-corrected chi connectivity index (χ4v) is 2.24. The summed E-state index contributed by atoms with van der Waals surface area (Å²) in [5.41, 5.74) is -1.75. The Kier molecular flexibility index (Phi) is 5.11. The van der Waals surface area contributed by atoms with Crippen LogP contribution >= 0.6 is 0 Å². The number of carbonyl (C=O) groups is 2. The zero-order valence-electron chi connectivity index (χ0n) is 13.0. The average molecular weight is 315 g/mol. The molecule has 0 radical (unpaired) electrons. The maximum Gasteiger partial charge on any atom is 0.332 e. The number of Topliss-reactive ketones (excluding diaryl/α,β-unsaturated/α-hetero) is 1. The minimum absolute atomic E-state index is 0.196. The highest BCUT2D eigenvalue weighted by atomic mass is 19.1. The lowest BCUT2D eigenvalue weighted by Gasteiger charge is -2.28. The Labute approximate surface area is 134 Å². The maximum atomic E-state index is 15.2. The van der Waals surface area contributed by atoms with E-state index in [0.717, 1.165) is 14.0 Å². The number of ether oxygens (including phenoxy) is 1. The van der Waals surface area contributed by atoms with Crippen molar-refractivity contribution < 1.29 is 18.7 Å². The van der Waals surface area contributed by atoms with Crippen LogP contribution in [-0.2, 0) is 9.53 Å². The second-order valence-electron chi connectivity index (χ2n) is 5.24. The van der Waals surface area contributed by atoms with Gasteiger partial charge in [0, 0.05) is 11.3 Å². The van der Waals surface area contributed by atoms with Gasteiger partial charge in [-0.25, -0.2) is 9.18 Å². The average Bonchev–Trinajstić information content (AvgIpc) is 2.59. The van der Waals surface area contributed by atoms with Crippen molar-refractivity contribution in [2.24, 2.45) is 0 Å². The molecule has 0 aliphatic rings. The molecule has 0 unspecified atom stereocenters. The van der Waals surface area contributed by atoms with Gasteiger partial charge in [0.2, 0.25) is 11.5 Å². The lowest BCUT2D eigenvalue weighted by molar-refractivity contribution is -0.144. The normalized spacial score (nSPS) is 14.4. The van der Waals surface area contributed by atoms with Gasteiger partial charge in [0.05, 0.1) is 7.11 Å². The summed E-state index contributed by atoms with van der Waals surface area (Å²) in [6, 6.07) is 15.2. The van der Waals surface area contributed by atoms with Crippen LogP contribution in [0.2, 0.25) is 0 Å². The molecule has 0 fully saturated rings. The first-order valence-corrected chi connectivity index (χ1v) is 7.15. The van der Waals surface area contributed by atoms with E-state index in [1.165, 1.54) is 12.1 Å². The molecule has 5 heteroatoms. The highest BCUT2D eigenvalue weighted by Crippen LogP contribution is 2.26. The fraction of sp³-hybridized carbons (Fsp3) is 0.222. The molecule has 0 spiro atoms. The van der Waals surface area contributed by atoms with Crippen molar-refractivity contribution >= 4 is 17.4 Å². The van der Waals surface area contributed by atoms with Gasteiger partial charge in [-0.15, -0.1) is 0 Å². The van der Waals surface area contributed by atoms with Crippen molar-refractivity contribution in [3.05, 3.63) is 66.2 Å². The Balaban J connectivity index is 2.33. The van der Waals surface area contributed by atoms with Crippen LogP contribution in [0.25, 0.3) is 0 Å². The number of nitrogens with one attached hydrogen (secondary N) is 1. The highest BCUT2D eigenvalue weighted by molar-refractivity contribution is 6.06. The molecule has 0 bridgehead atoms. The molecule has 23 heavy (non-hydrogen) atoms. The largest absolute Gasteiger partial charge is 0.467 e. The Morgan fingerprint density at radius 3 is 2.09 bits per heavy atom. The van der Waals surface area contributed by atoms with Gasteiger partial charge in [-0.05, 0) is 19.1 Å². The lowest BCUT2D eigenvalue weighted by atomic mass is 9.89. The molecular formula is C18H18FNO3. The molecule has 0 saturated carbocycles. The third-order valence-corrected chi connectivity index (χ3v) is 3.54. The molecule has 2 aromatic rings. The molecule has 0 amide bonds. The number of anilines is 1. The molecule has 2 atom stereocenters. The van der Waals surface area contributed by atoms with Crippen molar-refractivity contribution in [1.29, 1.82) is 0 Å². The minimum Gasteiger partial charge on any atom is -0.467 e. The van der Waals surface area contributed by atoms with Crippen LogP contribution in [0.4, 0.5) is 10.1 Å². The SMILES string of the molecule is COC(=O)[C@H](Nc1ccccc1)[C@@](C)(F)C(=O)c1ccccc1. The van der Waals surface area contributed by atoms with Gasteiger partial charge >= 0.3 is 5.97 Å². The summed E-state index contributed by atoms with van der Waals surface area (Å²) in [5, 5.41) is 2.75. The molecular weight excluding hydrogens is 297 g/mol. The third kappa shape index (κ3) is 3.74. The van der Waals surface area contributed by atoms with E-state index in [0.29, 0.717) is 5.69 Å². The van der Waals surface area contributed by atoms with Crippen molar-refractivity contribution in [2.45, 2.75) is 18.6 Å². The summed E-state index contributed by atoms with van der Waals surface area (Å²) >= 11 is 0. The van der Waals surface area contributed by atoms with E-state index in [2.05, 4.69) is 10.1 Å². The Morgan fingerprint density at radius 2 is 1.57 bits per heavy atom.